The summed E-state index contributed by atoms with van der Waals surface area (Å²) in [6, 6.07) is 6.63. The van der Waals surface area contributed by atoms with E-state index >= 15 is 0 Å². The van der Waals surface area contributed by atoms with Gasteiger partial charge in [0.05, 0.1) is 5.71 Å². The van der Waals surface area contributed by atoms with Crippen molar-refractivity contribution >= 4 is 5.71 Å². The molecule has 2 unspecified atom stereocenters. The highest BCUT2D eigenvalue weighted by Crippen LogP contribution is 2.34. The smallest absolute Gasteiger partial charge is 0.136 e. The number of oxime groups is 1. The van der Waals surface area contributed by atoms with Gasteiger partial charge in [-0.05, 0) is 31.4 Å². The van der Waals surface area contributed by atoms with Gasteiger partial charge in [-0.3, -0.25) is 0 Å². The molecule has 0 saturated heterocycles. The zero-order valence-electron chi connectivity index (χ0n) is 9.03. The van der Waals surface area contributed by atoms with Crippen molar-refractivity contribution in [3.8, 4) is 0 Å². The van der Waals surface area contributed by atoms with Crippen LogP contribution in [0.25, 0.3) is 0 Å². The maximum atomic E-state index is 13.1. The Labute approximate surface area is 94.1 Å². The van der Waals surface area contributed by atoms with Crippen LogP contribution in [0.3, 0.4) is 0 Å². The Morgan fingerprint density at radius 2 is 2.12 bits per heavy atom. The molecule has 3 rings (SSSR count). The van der Waals surface area contributed by atoms with Gasteiger partial charge in [-0.25, -0.2) is 4.39 Å². The van der Waals surface area contributed by atoms with Crippen LogP contribution in [-0.4, -0.2) is 11.8 Å². The molecule has 2 atom stereocenters. The molecular weight excluding hydrogens is 205 g/mol. The maximum absolute atomic E-state index is 13.1. The Balaban J connectivity index is 1.90. The first-order chi connectivity index (χ1) is 7.84. The zero-order valence-corrected chi connectivity index (χ0v) is 9.03. The van der Waals surface area contributed by atoms with E-state index in [0.717, 1.165) is 24.1 Å². The second-order valence-corrected chi connectivity index (χ2v) is 4.52. The van der Waals surface area contributed by atoms with Gasteiger partial charge in [-0.2, -0.15) is 0 Å². The van der Waals surface area contributed by atoms with Crippen LogP contribution in [0.2, 0.25) is 0 Å². The molecular formula is C13H14FNO. The summed E-state index contributed by atoms with van der Waals surface area (Å²) in [6.45, 7) is 0. The summed E-state index contributed by atoms with van der Waals surface area (Å²) in [5, 5.41) is 4.14. The van der Waals surface area contributed by atoms with Crippen molar-refractivity contribution < 1.29 is 9.23 Å². The highest BCUT2D eigenvalue weighted by atomic mass is 19.1. The predicted molar refractivity (Wildman–Crippen MR) is 59.8 cm³/mol. The number of fused-ring (bicyclic) bond motifs is 1. The average molecular weight is 219 g/mol. The largest absolute Gasteiger partial charge is 0.392 e. The van der Waals surface area contributed by atoms with E-state index in [1.165, 1.54) is 18.9 Å². The summed E-state index contributed by atoms with van der Waals surface area (Å²) in [6.07, 6.45) is 4.85. The van der Waals surface area contributed by atoms with E-state index in [-0.39, 0.29) is 11.9 Å². The molecule has 84 valence electrons. The van der Waals surface area contributed by atoms with E-state index in [1.807, 2.05) is 6.07 Å². The van der Waals surface area contributed by atoms with Crippen molar-refractivity contribution in [2.45, 2.75) is 31.8 Å². The first-order valence-corrected chi connectivity index (χ1v) is 5.84. The normalized spacial score (nSPS) is 28.2. The van der Waals surface area contributed by atoms with Crippen molar-refractivity contribution in [1.82, 2.24) is 0 Å². The van der Waals surface area contributed by atoms with Crippen molar-refractivity contribution in [2.75, 3.05) is 0 Å². The summed E-state index contributed by atoms with van der Waals surface area (Å²) in [4.78, 5) is 5.43. The minimum atomic E-state index is -0.209. The third-order valence-electron chi connectivity index (χ3n) is 3.46. The van der Waals surface area contributed by atoms with Gasteiger partial charge in [0.2, 0.25) is 0 Å². The van der Waals surface area contributed by atoms with Crippen molar-refractivity contribution in [1.29, 1.82) is 0 Å². The molecule has 0 radical (unpaired) electrons. The van der Waals surface area contributed by atoms with E-state index in [9.17, 15) is 4.39 Å². The van der Waals surface area contributed by atoms with Crippen LogP contribution in [-0.2, 0) is 4.84 Å². The van der Waals surface area contributed by atoms with E-state index in [2.05, 4.69) is 5.16 Å². The minimum absolute atomic E-state index is 0.209. The quantitative estimate of drug-likeness (QED) is 0.711. The summed E-state index contributed by atoms with van der Waals surface area (Å²) in [7, 11) is 0. The van der Waals surface area contributed by atoms with Crippen LogP contribution in [0.15, 0.2) is 29.4 Å². The molecule has 2 aliphatic rings. The Morgan fingerprint density at radius 3 is 3.00 bits per heavy atom. The summed E-state index contributed by atoms with van der Waals surface area (Å²) in [5.41, 5.74) is 1.80. The summed E-state index contributed by atoms with van der Waals surface area (Å²) < 4.78 is 13.1. The topological polar surface area (TPSA) is 21.6 Å². The number of halogens is 1. The molecule has 3 heteroatoms. The molecule has 2 nitrogen and oxygen atoms in total. The third-order valence-corrected chi connectivity index (χ3v) is 3.46. The van der Waals surface area contributed by atoms with E-state index in [4.69, 9.17) is 4.84 Å². The summed E-state index contributed by atoms with van der Waals surface area (Å²) in [5.74, 6) is 0.162. The Morgan fingerprint density at radius 1 is 1.25 bits per heavy atom. The predicted octanol–water partition coefficient (Wildman–Crippen LogP) is 3.12. The van der Waals surface area contributed by atoms with Gasteiger partial charge in [-0.1, -0.05) is 23.7 Å². The van der Waals surface area contributed by atoms with Crippen LogP contribution in [0.1, 0.15) is 31.2 Å². The molecule has 0 bridgehead atoms. The van der Waals surface area contributed by atoms with Gasteiger partial charge >= 0.3 is 0 Å². The lowest BCUT2D eigenvalue weighted by atomic mass is 9.82. The van der Waals surface area contributed by atoms with E-state index in [0.29, 0.717) is 5.92 Å². The first kappa shape index (κ1) is 9.82. The van der Waals surface area contributed by atoms with Crippen LogP contribution in [0, 0.1) is 11.7 Å². The van der Waals surface area contributed by atoms with Crippen LogP contribution < -0.4 is 0 Å². The lowest BCUT2D eigenvalue weighted by molar-refractivity contribution is 0.0397. The van der Waals surface area contributed by atoms with Gasteiger partial charge in [0.25, 0.3) is 0 Å². The highest BCUT2D eigenvalue weighted by Gasteiger charge is 2.36. The molecule has 0 spiro atoms. The highest BCUT2D eigenvalue weighted by molar-refractivity contribution is 6.03. The molecule has 16 heavy (non-hydrogen) atoms. The fraction of sp³-hybridized carbons (Fsp3) is 0.462. The molecule has 1 fully saturated rings. The number of rotatable bonds is 1. The minimum Gasteiger partial charge on any atom is -0.392 e. The Hall–Kier alpha value is -1.38. The van der Waals surface area contributed by atoms with Crippen LogP contribution >= 0.6 is 0 Å². The molecule has 0 amide bonds. The lowest BCUT2D eigenvalue weighted by Gasteiger charge is -2.23. The van der Waals surface area contributed by atoms with Crippen molar-refractivity contribution in [3.63, 3.8) is 0 Å². The Bertz CT molecular complexity index is 430. The molecule has 1 aliphatic carbocycles. The molecule has 1 aliphatic heterocycles. The second-order valence-electron chi connectivity index (χ2n) is 4.52. The molecule has 1 saturated carbocycles. The van der Waals surface area contributed by atoms with Crippen LogP contribution in [0.4, 0.5) is 4.39 Å². The molecule has 0 aromatic heterocycles. The number of nitrogens with zero attached hydrogens (tertiary/aromatic N) is 1. The fourth-order valence-corrected chi connectivity index (χ4v) is 2.64. The Kier molecular flexibility index (Phi) is 2.39. The van der Waals surface area contributed by atoms with Crippen LogP contribution in [0.5, 0.6) is 0 Å². The van der Waals surface area contributed by atoms with Gasteiger partial charge in [0.15, 0.2) is 0 Å². The average Bonchev–Trinajstić information content (AvgIpc) is 2.72. The fourth-order valence-electron chi connectivity index (χ4n) is 2.64. The lowest BCUT2D eigenvalue weighted by Crippen LogP contribution is -2.27. The maximum Gasteiger partial charge on any atom is 0.136 e. The summed E-state index contributed by atoms with van der Waals surface area (Å²) >= 11 is 0. The van der Waals surface area contributed by atoms with E-state index in [1.54, 1.807) is 12.1 Å². The number of benzene rings is 1. The first-order valence-electron chi connectivity index (χ1n) is 5.84. The monoisotopic (exact) mass is 219 g/mol. The third kappa shape index (κ3) is 1.60. The standard InChI is InChI=1S/C13H14FNO/c14-10-5-3-4-9(8-10)13-11-6-1-2-7-12(11)16-15-13/h3-5,8,11-12H,1-2,6-7H2. The van der Waals surface area contributed by atoms with E-state index < -0.39 is 0 Å². The second kappa shape index (κ2) is 3.89. The SMILES string of the molecule is Fc1cccc(C2=NOC3CCCCC23)c1. The van der Waals surface area contributed by atoms with Gasteiger partial charge in [-0.15, -0.1) is 0 Å². The van der Waals surface area contributed by atoms with Gasteiger partial charge in [0, 0.05) is 11.5 Å². The molecule has 0 N–H and O–H groups in total. The van der Waals surface area contributed by atoms with Gasteiger partial charge < -0.3 is 4.84 Å². The molecule has 1 aromatic carbocycles. The van der Waals surface area contributed by atoms with Crippen molar-refractivity contribution in [2.24, 2.45) is 11.1 Å². The number of hydrogen-bond donors (Lipinski definition) is 0. The van der Waals surface area contributed by atoms with Gasteiger partial charge in [0.1, 0.15) is 11.9 Å². The molecule has 1 heterocycles. The zero-order chi connectivity index (χ0) is 11.0. The number of hydrogen-bond acceptors (Lipinski definition) is 2. The molecule has 1 aromatic rings. The van der Waals surface area contributed by atoms with Crippen molar-refractivity contribution in [3.05, 3.63) is 35.6 Å².